The Balaban J connectivity index is 1.94. The van der Waals surface area contributed by atoms with Crippen LogP contribution in [0.4, 0.5) is 5.69 Å². The van der Waals surface area contributed by atoms with Crippen LogP contribution in [0.25, 0.3) is 5.65 Å². The number of hydrogen-bond acceptors (Lipinski definition) is 4. The second-order valence-corrected chi connectivity index (χ2v) is 5.20. The highest BCUT2D eigenvalue weighted by Crippen LogP contribution is 2.28. The lowest BCUT2D eigenvalue weighted by molar-refractivity contribution is 0.354. The Kier molecular flexibility index (Phi) is 3.63. The fourth-order valence-electron chi connectivity index (χ4n) is 2.54. The Hall–Kier alpha value is -2.69. The predicted octanol–water partition coefficient (Wildman–Crippen LogP) is 2.83. The molecule has 0 saturated heterocycles. The molecule has 0 amide bonds. The number of pyridine rings is 1. The number of benzene rings is 1. The summed E-state index contributed by atoms with van der Waals surface area (Å²) in [7, 11) is 3.27. The van der Waals surface area contributed by atoms with E-state index in [-0.39, 0.29) is 0 Å². The smallest absolute Gasteiger partial charge is 0.160 e. The number of nitrogens with zero attached hydrogens (tertiary/aromatic N) is 2. The number of aryl methyl sites for hydroxylation is 1. The van der Waals surface area contributed by atoms with Crippen molar-refractivity contribution in [2.45, 2.75) is 13.3 Å². The van der Waals surface area contributed by atoms with Crippen molar-refractivity contribution < 1.29 is 9.47 Å². The molecule has 22 heavy (non-hydrogen) atoms. The number of nitrogens with two attached hydrogens (primary N) is 1. The van der Waals surface area contributed by atoms with Gasteiger partial charge < -0.3 is 19.6 Å². The number of imidazole rings is 1. The quantitative estimate of drug-likeness (QED) is 0.804. The van der Waals surface area contributed by atoms with E-state index in [9.17, 15) is 0 Å². The first-order chi connectivity index (χ1) is 10.6. The second kappa shape index (κ2) is 5.60. The summed E-state index contributed by atoms with van der Waals surface area (Å²) in [5.74, 6) is 1.45. The van der Waals surface area contributed by atoms with Crippen LogP contribution >= 0.6 is 0 Å². The number of aromatic nitrogens is 2. The molecule has 2 heterocycles. The van der Waals surface area contributed by atoms with E-state index in [1.54, 1.807) is 14.2 Å². The van der Waals surface area contributed by atoms with Crippen LogP contribution in [0, 0.1) is 6.92 Å². The molecule has 5 nitrogen and oxygen atoms in total. The molecule has 2 N–H and O–H groups in total. The molecule has 0 aliphatic rings. The van der Waals surface area contributed by atoms with Crippen LogP contribution in [-0.2, 0) is 6.42 Å². The van der Waals surface area contributed by atoms with Crippen LogP contribution in [-0.4, -0.2) is 23.6 Å². The van der Waals surface area contributed by atoms with Crippen LogP contribution < -0.4 is 15.2 Å². The van der Waals surface area contributed by atoms with E-state index in [1.165, 1.54) is 0 Å². The Bertz CT molecular complexity index is 824. The summed E-state index contributed by atoms with van der Waals surface area (Å²) < 4.78 is 12.6. The van der Waals surface area contributed by atoms with Crippen LogP contribution in [0.15, 0.2) is 36.5 Å². The fraction of sp³-hybridized carbons (Fsp3) is 0.235. The zero-order chi connectivity index (χ0) is 15.7. The summed E-state index contributed by atoms with van der Waals surface area (Å²) in [5.41, 5.74) is 10.7. The third-order valence-electron chi connectivity index (χ3n) is 3.81. The summed E-state index contributed by atoms with van der Waals surface area (Å²) in [6, 6.07) is 9.72. The Morgan fingerprint density at radius 3 is 2.59 bits per heavy atom. The number of nitrogen functional groups attached to an aromatic ring is 1. The van der Waals surface area contributed by atoms with Gasteiger partial charge in [0.2, 0.25) is 0 Å². The summed E-state index contributed by atoms with van der Waals surface area (Å²) in [6.07, 6.45) is 2.75. The topological polar surface area (TPSA) is 61.8 Å². The van der Waals surface area contributed by atoms with Crippen LogP contribution in [0.5, 0.6) is 11.5 Å². The Morgan fingerprint density at radius 1 is 1.09 bits per heavy atom. The minimum absolute atomic E-state index is 0.724. The van der Waals surface area contributed by atoms with Gasteiger partial charge in [-0.15, -0.1) is 0 Å². The molecule has 0 unspecified atom stereocenters. The van der Waals surface area contributed by atoms with Crippen molar-refractivity contribution in [3.05, 3.63) is 53.5 Å². The summed E-state index contributed by atoms with van der Waals surface area (Å²) in [5, 5.41) is 0. The molecule has 114 valence electrons. The summed E-state index contributed by atoms with van der Waals surface area (Å²) >= 11 is 0. The number of ether oxygens (including phenoxy) is 2. The van der Waals surface area contributed by atoms with Gasteiger partial charge >= 0.3 is 0 Å². The zero-order valence-corrected chi connectivity index (χ0v) is 13.0. The molecule has 0 atom stereocenters. The highest BCUT2D eigenvalue weighted by molar-refractivity contribution is 5.53. The van der Waals surface area contributed by atoms with Gasteiger partial charge in [-0.1, -0.05) is 6.07 Å². The second-order valence-electron chi connectivity index (χ2n) is 5.20. The molecular formula is C17H19N3O2. The van der Waals surface area contributed by atoms with Crippen molar-refractivity contribution in [1.82, 2.24) is 9.38 Å². The molecule has 2 aromatic heterocycles. The normalized spacial score (nSPS) is 10.9. The number of methoxy groups -OCH3 is 2. The lowest BCUT2D eigenvalue weighted by Gasteiger charge is -2.08. The molecular weight excluding hydrogens is 278 g/mol. The first-order valence-electron chi connectivity index (χ1n) is 7.06. The molecule has 3 rings (SSSR count). The van der Waals surface area contributed by atoms with E-state index in [4.69, 9.17) is 15.2 Å². The highest BCUT2D eigenvalue weighted by atomic mass is 16.5. The fourth-order valence-corrected chi connectivity index (χ4v) is 2.54. The maximum atomic E-state index is 5.94. The average molecular weight is 297 g/mol. The Morgan fingerprint density at radius 2 is 1.86 bits per heavy atom. The number of hydrogen-bond donors (Lipinski definition) is 1. The van der Waals surface area contributed by atoms with E-state index in [1.807, 2.05) is 47.9 Å². The third-order valence-corrected chi connectivity index (χ3v) is 3.81. The maximum Gasteiger partial charge on any atom is 0.160 e. The minimum Gasteiger partial charge on any atom is -0.493 e. The standard InChI is InChI=1S/C17H19N3O2/c1-11-14(18)5-7-17-19-13(10-20(11)17)8-12-4-6-15(21-2)16(9-12)22-3/h4-7,9-10H,8,18H2,1-3H3. The molecule has 0 spiro atoms. The van der Waals surface area contributed by atoms with Gasteiger partial charge in [-0.25, -0.2) is 4.98 Å². The molecule has 0 saturated carbocycles. The van der Waals surface area contributed by atoms with Crippen molar-refractivity contribution >= 4 is 11.3 Å². The number of rotatable bonds is 4. The average Bonchev–Trinajstić information content (AvgIpc) is 2.94. The third kappa shape index (κ3) is 2.45. The van der Waals surface area contributed by atoms with Gasteiger partial charge in [0, 0.05) is 18.3 Å². The van der Waals surface area contributed by atoms with E-state index < -0.39 is 0 Å². The first kappa shape index (κ1) is 14.3. The van der Waals surface area contributed by atoms with E-state index in [2.05, 4.69) is 4.98 Å². The van der Waals surface area contributed by atoms with Gasteiger partial charge in [0.25, 0.3) is 0 Å². The molecule has 0 radical (unpaired) electrons. The van der Waals surface area contributed by atoms with Gasteiger partial charge in [0.05, 0.1) is 25.6 Å². The highest BCUT2D eigenvalue weighted by Gasteiger charge is 2.09. The van der Waals surface area contributed by atoms with Gasteiger partial charge in [0.1, 0.15) is 5.65 Å². The summed E-state index contributed by atoms with van der Waals surface area (Å²) in [4.78, 5) is 4.64. The lowest BCUT2D eigenvalue weighted by atomic mass is 10.1. The molecule has 0 fully saturated rings. The molecule has 0 aliphatic heterocycles. The molecule has 5 heteroatoms. The molecule has 0 aliphatic carbocycles. The summed E-state index contributed by atoms with van der Waals surface area (Å²) in [6.45, 7) is 1.99. The Labute approximate surface area is 129 Å². The predicted molar refractivity (Wildman–Crippen MR) is 86.7 cm³/mol. The number of anilines is 1. The first-order valence-corrected chi connectivity index (χ1v) is 7.06. The van der Waals surface area contributed by atoms with Crippen molar-refractivity contribution in [3.8, 4) is 11.5 Å². The van der Waals surface area contributed by atoms with Gasteiger partial charge in [-0.2, -0.15) is 0 Å². The van der Waals surface area contributed by atoms with Crippen LogP contribution in [0.1, 0.15) is 17.0 Å². The monoisotopic (exact) mass is 297 g/mol. The largest absolute Gasteiger partial charge is 0.493 e. The van der Waals surface area contributed by atoms with Crippen molar-refractivity contribution in [1.29, 1.82) is 0 Å². The maximum absolute atomic E-state index is 5.94. The van der Waals surface area contributed by atoms with Crippen LogP contribution in [0.2, 0.25) is 0 Å². The lowest BCUT2D eigenvalue weighted by Crippen LogP contribution is -1.96. The van der Waals surface area contributed by atoms with Crippen molar-refractivity contribution in [2.24, 2.45) is 0 Å². The van der Waals surface area contributed by atoms with E-state index in [0.717, 1.165) is 46.2 Å². The van der Waals surface area contributed by atoms with Gasteiger partial charge in [-0.05, 0) is 36.8 Å². The molecule has 3 aromatic rings. The zero-order valence-electron chi connectivity index (χ0n) is 13.0. The van der Waals surface area contributed by atoms with E-state index >= 15 is 0 Å². The van der Waals surface area contributed by atoms with Crippen molar-refractivity contribution in [2.75, 3.05) is 20.0 Å². The van der Waals surface area contributed by atoms with Crippen molar-refractivity contribution in [3.63, 3.8) is 0 Å². The molecule has 1 aromatic carbocycles. The van der Waals surface area contributed by atoms with Crippen LogP contribution in [0.3, 0.4) is 0 Å². The van der Waals surface area contributed by atoms with Gasteiger partial charge in [0.15, 0.2) is 11.5 Å². The van der Waals surface area contributed by atoms with E-state index in [0.29, 0.717) is 0 Å². The van der Waals surface area contributed by atoms with Gasteiger partial charge in [-0.3, -0.25) is 0 Å². The number of fused-ring (bicyclic) bond motifs is 1. The minimum atomic E-state index is 0.724. The SMILES string of the molecule is COc1ccc(Cc2cn3c(C)c(N)ccc3n2)cc1OC. The molecule has 0 bridgehead atoms.